The Labute approximate surface area is 230 Å². The van der Waals surface area contributed by atoms with E-state index in [2.05, 4.69) is 44.5 Å². The number of carbonyl (C=O) groups is 1. The lowest BCUT2D eigenvalue weighted by atomic mass is 10.1. The van der Waals surface area contributed by atoms with E-state index in [-0.39, 0.29) is 5.02 Å². The van der Waals surface area contributed by atoms with Gasteiger partial charge in [-0.25, -0.2) is 9.37 Å². The smallest absolute Gasteiger partial charge is 0.141 e. The molecule has 206 valence electrons. The molecule has 1 aromatic carbocycles. The number of anilines is 3. The van der Waals surface area contributed by atoms with E-state index in [1.54, 1.807) is 18.3 Å². The Balaban J connectivity index is 0.00000195. The molecule has 1 saturated carbocycles. The van der Waals surface area contributed by atoms with Crippen molar-refractivity contribution in [3.05, 3.63) is 64.6 Å². The van der Waals surface area contributed by atoms with Crippen molar-refractivity contribution >= 4 is 41.7 Å². The third-order valence-corrected chi connectivity index (χ3v) is 7.37. The van der Waals surface area contributed by atoms with E-state index in [0.717, 1.165) is 63.1 Å². The quantitative estimate of drug-likeness (QED) is 0.347. The van der Waals surface area contributed by atoms with E-state index in [9.17, 15) is 4.39 Å². The Morgan fingerprint density at radius 1 is 1.26 bits per heavy atom. The summed E-state index contributed by atoms with van der Waals surface area (Å²) in [6.07, 6.45) is 14.5. The number of nitrogens with two attached hydrogens (primary N) is 1. The van der Waals surface area contributed by atoms with Crippen LogP contribution in [0.4, 0.5) is 21.6 Å². The molecular formula is C29H40ClFN6O. The van der Waals surface area contributed by atoms with Crippen molar-refractivity contribution in [1.29, 1.82) is 0 Å². The van der Waals surface area contributed by atoms with Gasteiger partial charge in [0, 0.05) is 49.7 Å². The van der Waals surface area contributed by atoms with E-state index in [1.807, 2.05) is 18.9 Å². The van der Waals surface area contributed by atoms with E-state index < -0.39 is 5.82 Å². The summed E-state index contributed by atoms with van der Waals surface area (Å²) in [4.78, 5) is 17.3. The molecule has 1 fully saturated rings. The zero-order valence-electron chi connectivity index (χ0n) is 22.3. The van der Waals surface area contributed by atoms with Crippen molar-refractivity contribution in [3.8, 4) is 0 Å². The molecule has 0 amide bonds. The lowest BCUT2D eigenvalue weighted by Gasteiger charge is -2.31. The van der Waals surface area contributed by atoms with Crippen LogP contribution in [-0.2, 0) is 4.79 Å². The predicted molar refractivity (Wildman–Crippen MR) is 156 cm³/mol. The Morgan fingerprint density at radius 3 is 2.74 bits per heavy atom. The molecule has 0 atom stereocenters. The molecule has 2 aromatic rings. The van der Waals surface area contributed by atoms with Crippen molar-refractivity contribution in [2.75, 3.05) is 50.4 Å². The zero-order chi connectivity index (χ0) is 27.3. The second-order valence-corrected chi connectivity index (χ2v) is 10.0. The first kappa shape index (κ1) is 29.8. The Hall–Kier alpha value is -2.78. The number of rotatable bonds is 11. The maximum Gasteiger partial charge on any atom is 0.141 e. The normalized spacial score (nSPS) is 16.5. The maximum absolute atomic E-state index is 13.5. The van der Waals surface area contributed by atoms with Gasteiger partial charge in [0.2, 0.25) is 0 Å². The SMILES string of the molecule is C=O.CCN(CCNC1CCCC1)CN1CC=C(/C=C/c2c(Nc3ccc(F)c(Cl)c3)ccnc2N)CC1. The number of pyridine rings is 1. The standard InChI is InChI=1S/C28H38ClFN6.CH2O/c1-2-35(18-15-32-22-5-3-4-6-22)20-36-16-12-21(13-17-36)7-9-24-27(11-14-33-28(24)31)34-23-8-10-26(30)25(29)19-23;1-2/h7-12,14,19,22,32H,2-6,13,15-18,20H2,1H3,(H3,31,33,34);1H2/b9-7+;. The third-order valence-electron chi connectivity index (χ3n) is 7.08. The van der Waals surface area contributed by atoms with E-state index in [0.29, 0.717) is 11.5 Å². The number of nitrogen functional groups attached to an aromatic ring is 1. The molecule has 1 aromatic heterocycles. The van der Waals surface area contributed by atoms with Gasteiger partial charge in [0.05, 0.1) is 17.4 Å². The van der Waals surface area contributed by atoms with Crippen molar-refractivity contribution in [2.24, 2.45) is 0 Å². The number of allylic oxidation sites excluding steroid dienone is 1. The lowest BCUT2D eigenvalue weighted by Crippen LogP contribution is -2.43. The van der Waals surface area contributed by atoms with Crippen molar-refractivity contribution in [2.45, 2.75) is 45.1 Å². The molecule has 2 aliphatic rings. The molecule has 0 spiro atoms. The highest BCUT2D eigenvalue weighted by molar-refractivity contribution is 6.31. The van der Waals surface area contributed by atoms with Crippen LogP contribution in [0, 0.1) is 5.82 Å². The summed E-state index contributed by atoms with van der Waals surface area (Å²) in [6, 6.07) is 7.13. The summed E-state index contributed by atoms with van der Waals surface area (Å²) in [7, 11) is 0. The van der Waals surface area contributed by atoms with Gasteiger partial charge in [0.1, 0.15) is 18.4 Å². The topological polar surface area (TPSA) is 86.5 Å². The number of hydrogen-bond donors (Lipinski definition) is 3. The third kappa shape index (κ3) is 8.91. The molecule has 0 bridgehead atoms. The average Bonchev–Trinajstić information content (AvgIpc) is 3.45. The largest absolute Gasteiger partial charge is 0.383 e. The van der Waals surface area contributed by atoms with Gasteiger partial charge < -0.3 is 21.2 Å². The van der Waals surface area contributed by atoms with Crippen LogP contribution in [0.15, 0.2) is 48.2 Å². The zero-order valence-corrected chi connectivity index (χ0v) is 23.0. The minimum absolute atomic E-state index is 0.0720. The van der Waals surface area contributed by atoms with Crippen molar-refractivity contribution in [3.63, 3.8) is 0 Å². The van der Waals surface area contributed by atoms with Crippen LogP contribution in [0.2, 0.25) is 5.02 Å². The highest BCUT2D eigenvalue weighted by Crippen LogP contribution is 2.28. The highest BCUT2D eigenvalue weighted by Gasteiger charge is 2.16. The number of carbonyl (C=O) groups excluding carboxylic acids is 1. The van der Waals surface area contributed by atoms with Crippen LogP contribution < -0.4 is 16.4 Å². The molecule has 38 heavy (non-hydrogen) atoms. The summed E-state index contributed by atoms with van der Waals surface area (Å²) in [5.41, 5.74) is 9.76. The molecule has 1 aliphatic carbocycles. The Kier molecular flexibility index (Phi) is 12.2. The van der Waals surface area contributed by atoms with Crippen LogP contribution in [0.5, 0.6) is 0 Å². The van der Waals surface area contributed by atoms with Gasteiger partial charge in [-0.3, -0.25) is 9.80 Å². The molecular weight excluding hydrogens is 503 g/mol. The second kappa shape index (κ2) is 15.6. The van der Waals surface area contributed by atoms with Gasteiger partial charge in [-0.15, -0.1) is 0 Å². The minimum atomic E-state index is -0.447. The van der Waals surface area contributed by atoms with Gasteiger partial charge in [-0.05, 0) is 61.7 Å². The first-order valence-electron chi connectivity index (χ1n) is 13.3. The van der Waals surface area contributed by atoms with E-state index >= 15 is 0 Å². The average molecular weight is 543 g/mol. The molecule has 0 saturated heterocycles. The van der Waals surface area contributed by atoms with Gasteiger partial charge >= 0.3 is 0 Å². The predicted octanol–water partition coefficient (Wildman–Crippen LogP) is 5.47. The Bertz CT molecular complexity index is 1090. The van der Waals surface area contributed by atoms with Gasteiger partial charge in [0.25, 0.3) is 0 Å². The number of halogens is 2. The number of nitrogens with one attached hydrogen (secondary N) is 2. The van der Waals surface area contributed by atoms with E-state index in [4.69, 9.17) is 22.1 Å². The highest BCUT2D eigenvalue weighted by atomic mass is 35.5. The van der Waals surface area contributed by atoms with Crippen molar-refractivity contribution in [1.82, 2.24) is 20.1 Å². The van der Waals surface area contributed by atoms with Crippen LogP contribution in [0.3, 0.4) is 0 Å². The molecule has 7 nitrogen and oxygen atoms in total. The van der Waals surface area contributed by atoms with Crippen LogP contribution in [0.25, 0.3) is 6.08 Å². The summed E-state index contributed by atoms with van der Waals surface area (Å²) in [5.74, 6) is -0.00930. The van der Waals surface area contributed by atoms with Crippen LogP contribution in [-0.4, -0.2) is 67.0 Å². The number of aromatic nitrogens is 1. The number of hydrogen-bond acceptors (Lipinski definition) is 7. The summed E-state index contributed by atoms with van der Waals surface area (Å²) in [6.45, 7) is 10.4. The number of nitrogens with zero attached hydrogens (tertiary/aromatic N) is 3. The lowest BCUT2D eigenvalue weighted by molar-refractivity contribution is -0.0979. The second-order valence-electron chi connectivity index (χ2n) is 9.64. The van der Waals surface area contributed by atoms with Crippen LogP contribution >= 0.6 is 11.6 Å². The molecule has 0 radical (unpaired) electrons. The molecule has 9 heteroatoms. The minimum Gasteiger partial charge on any atom is -0.383 e. The number of likely N-dealkylation sites (N-methyl/N-ethyl adjacent to an activating group) is 1. The first-order valence-corrected chi connectivity index (χ1v) is 13.7. The fraction of sp³-hybridized carbons (Fsp3) is 0.448. The van der Waals surface area contributed by atoms with Gasteiger partial charge in [-0.1, -0.05) is 43.5 Å². The Morgan fingerprint density at radius 2 is 2.05 bits per heavy atom. The van der Waals surface area contributed by atoms with Gasteiger partial charge in [0.15, 0.2) is 0 Å². The summed E-state index contributed by atoms with van der Waals surface area (Å²) >= 11 is 5.93. The monoisotopic (exact) mass is 542 g/mol. The molecule has 1 aliphatic heterocycles. The first-order chi connectivity index (χ1) is 18.5. The molecule has 4 N–H and O–H groups in total. The fourth-order valence-electron chi connectivity index (χ4n) is 4.87. The van der Waals surface area contributed by atoms with Gasteiger partial charge in [-0.2, -0.15) is 0 Å². The molecule has 0 unspecified atom stereocenters. The van der Waals surface area contributed by atoms with E-state index in [1.165, 1.54) is 37.3 Å². The number of benzene rings is 1. The summed E-state index contributed by atoms with van der Waals surface area (Å²) < 4.78 is 13.5. The molecule has 2 heterocycles. The molecule has 4 rings (SSSR count). The van der Waals surface area contributed by atoms with Crippen molar-refractivity contribution < 1.29 is 9.18 Å². The fourth-order valence-corrected chi connectivity index (χ4v) is 5.05. The van der Waals surface area contributed by atoms with Crippen LogP contribution in [0.1, 0.15) is 44.6 Å². The maximum atomic E-state index is 13.5. The summed E-state index contributed by atoms with van der Waals surface area (Å²) in [5, 5.41) is 7.08.